The summed E-state index contributed by atoms with van der Waals surface area (Å²) in [5.41, 5.74) is 0.132. The van der Waals surface area contributed by atoms with Crippen molar-refractivity contribution in [1.29, 1.82) is 0 Å². The molecule has 94 valence electrons. The van der Waals surface area contributed by atoms with Crippen LogP contribution in [-0.4, -0.2) is 24.3 Å². The molecule has 16 heavy (non-hydrogen) atoms. The van der Waals surface area contributed by atoms with Crippen molar-refractivity contribution in [2.24, 2.45) is 5.92 Å². The highest BCUT2D eigenvalue weighted by atomic mass is 16.5. The molecule has 0 bridgehead atoms. The number of hydrogen-bond donors (Lipinski definition) is 1. The molecule has 2 rings (SSSR count). The predicted octanol–water partition coefficient (Wildman–Crippen LogP) is 3.11. The zero-order chi connectivity index (χ0) is 11.6. The quantitative estimate of drug-likeness (QED) is 0.750. The van der Waals surface area contributed by atoms with Gasteiger partial charge in [0.15, 0.2) is 0 Å². The molecule has 2 heteroatoms. The van der Waals surface area contributed by atoms with E-state index < -0.39 is 0 Å². The van der Waals surface area contributed by atoms with Gasteiger partial charge in [-0.2, -0.15) is 0 Å². The van der Waals surface area contributed by atoms with Crippen LogP contribution in [0.15, 0.2) is 0 Å². The summed E-state index contributed by atoms with van der Waals surface area (Å²) in [6, 6.07) is 0.843. The van der Waals surface area contributed by atoms with E-state index in [1.54, 1.807) is 0 Å². The maximum absolute atomic E-state index is 6.08. The summed E-state index contributed by atoms with van der Waals surface area (Å²) in [7, 11) is 0. The van der Waals surface area contributed by atoms with Gasteiger partial charge in [-0.3, -0.25) is 0 Å². The van der Waals surface area contributed by atoms with Crippen LogP contribution in [0.3, 0.4) is 0 Å². The molecule has 2 aliphatic rings. The van der Waals surface area contributed by atoms with Gasteiger partial charge in [0.25, 0.3) is 0 Å². The summed E-state index contributed by atoms with van der Waals surface area (Å²) in [5, 5.41) is 3.65. The summed E-state index contributed by atoms with van der Waals surface area (Å²) < 4.78 is 6.08. The Morgan fingerprint density at radius 1 is 1.31 bits per heavy atom. The fourth-order valence-electron chi connectivity index (χ4n) is 2.63. The third-order valence-electron chi connectivity index (χ3n) is 4.00. The topological polar surface area (TPSA) is 21.3 Å². The van der Waals surface area contributed by atoms with E-state index in [1.807, 2.05) is 0 Å². The van der Waals surface area contributed by atoms with Gasteiger partial charge in [-0.15, -0.1) is 0 Å². The number of hydrogen-bond acceptors (Lipinski definition) is 2. The van der Waals surface area contributed by atoms with Crippen LogP contribution in [0, 0.1) is 5.92 Å². The maximum Gasteiger partial charge on any atom is 0.0631 e. The molecule has 0 amide bonds. The largest absolute Gasteiger partial charge is 0.372 e. The molecule has 1 saturated carbocycles. The van der Waals surface area contributed by atoms with Crippen LogP contribution in [0.2, 0.25) is 0 Å². The number of nitrogens with one attached hydrogen (secondary N) is 1. The van der Waals surface area contributed by atoms with Crippen LogP contribution in [0.1, 0.15) is 59.3 Å². The molecule has 2 unspecified atom stereocenters. The molecule has 1 aliphatic heterocycles. The van der Waals surface area contributed by atoms with E-state index in [2.05, 4.69) is 26.1 Å². The van der Waals surface area contributed by atoms with Crippen molar-refractivity contribution in [3.8, 4) is 0 Å². The molecule has 1 aliphatic carbocycles. The van der Waals surface area contributed by atoms with Crippen LogP contribution in [0.25, 0.3) is 0 Å². The number of ether oxygens (including phenoxy) is 1. The van der Waals surface area contributed by atoms with Crippen LogP contribution < -0.4 is 5.32 Å². The lowest BCUT2D eigenvalue weighted by Crippen LogP contribution is -2.28. The summed E-state index contributed by atoms with van der Waals surface area (Å²) in [5.74, 6) is 0.805. The lowest BCUT2D eigenvalue weighted by Gasteiger charge is -2.23. The minimum Gasteiger partial charge on any atom is -0.372 e. The van der Waals surface area contributed by atoms with Crippen LogP contribution in [0.5, 0.6) is 0 Å². The van der Waals surface area contributed by atoms with E-state index in [4.69, 9.17) is 4.74 Å². The van der Waals surface area contributed by atoms with E-state index in [9.17, 15) is 0 Å². The normalized spacial score (nSPS) is 30.6. The second kappa shape index (κ2) is 5.05. The summed E-state index contributed by atoms with van der Waals surface area (Å²) in [6.45, 7) is 7.94. The van der Waals surface area contributed by atoms with Crippen molar-refractivity contribution in [2.75, 3.05) is 6.54 Å². The van der Waals surface area contributed by atoms with E-state index in [1.165, 1.54) is 45.1 Å². The summed E-state index contributed by atoms with van der Waals surface area (Å²) >= 11 is 0. The van der Waals surface area contributed by atoms with Crippen molar-refractivity contribution in [3.05, 3.63) is 0 Å². The van der Waals surface area contributed by atoms with Crippen LogP contribution in [0.4, 0.5) is 0 Å². The molecule has 2 nitrogen and oxygen atoms in total. The van der Waals surface area contributed by atoms with Gasteiger partial charge in [0.2, 0.25) is 0 Å². The summed E-state index contributed by atoms with van der Waals surface area (Å²) in [4.78, 5) is 0. The molecule has 0 aromatic rings. The van der Waals surface area contributed by atoms with Gasteiger partial charge < -0.3 is 10.1 Å². The Kier molecular flexibility index (Phi) is 3.91. The Labute approximate surface area is 100 Å². The molecule has 1 heterocycles. The van der Waals surface area contributed by atoms with Gasteiger partial charge in [-0.1, -0.05) is 13.3 Å². The molecule has 2 atom stereocenters. The molecule has 0 radical (unpaired) electrons. The molecule has 1 N–H and O–H groups in total. The first-order valence-corrected chi connectivity index (χ1v) is 7.00. The maximum atomic E-state index is 6.08. The average Bonchev–Trinajstić information content (AvgIpc) is 2.98. The van der Waals surface area contributed by atoms with Gasteiger partial charge in [0.1, 0.15) is 0 Å². The van der Waals surface area contributed by atoms with Gasteiger partial charge in [0.05, 0.1) is 11.7 Å². The van der Waals surface area contributed by atoms with Crippen molar-refractivity contribution in [1.82, 2.24) is 5.32 Å². The highest BCUT2D eigenvalue weighted by Crippen LogP contribution is 2.33. The van der Waals surface area contributed by atoms with E-state index in [0.29, 0.717) is 6.10 Å². The zero-order valence-corrected chi connectivity index (χ0v) is 11.1. The standard InChI is InChI=1S/C14H27NO/c1-4-11(10-15-12-5-6-12)9-13-7-8-14(2,3)16-13/h11-13,15H,4-10H2,1-3H3. The first-order valence-electron chi connectivity index (χ1n) is 7.00. The molecular weight excluding hydrogens is 198 g/mol. The van der Waals surface area contributed by atoms with Crippen molar-refractivity contribution in [3.63, 3.8) is 0 Å². The van der Waals surface area contributed by atoms with Crippen molar-refractivity contribution in [2.45, 2.75) is 77.0 Å². The lowest BCUT2D eigenvalue weighted by molar-refractivity contribution is -0.0247. The first-order chi connectivity index (χ1) is 7.59. The van der Waals surface area contributed by atoms with Crippen LogP contribution in [-0.2, 0) is 4.74 Å². The second-order valence-corrected chi connectivity index (χ2v) is 6.23. The smallest absolute Gasteiger partial charge is 0.0631 e. The molecule has 1 saturated heterocycles. The van der Waals surface area contributed by atoms with E-state index in [-0.39, 0.29) is 5.60 Å². The van der Waals surface area contributed by atoms with Crippen LogP contribution >= 0.6 is 0 Å². The SMILES string of the molecule is CCC(CNC1CC1)CC1CCC(C)(C)O1. The molecule has 0 spiro atoms. The molecular formula is C14H27NO. The second-order valence-electron chi connectivity index (χ2n) is 6.23. The minimum absolute atomic E-state index is 0.132. The molecule has 2 fully saturated rings. The third kappa shape index (κ3) is 3.74. The van der Waals surface area contributed by atoms with Gasteiger partial charge in [-0.05, 0) is 58.4 Å². The molecule has 0 aromatic carbocycles. The predicted molar refractivity (Wildman–Crippen MR) is 67.6 cm³/mol. The first kappa shape index (κ1) is 12.4. The van der Waals surface area contributed by atoms with Crippen molar-refractivity contribution >= 4 is 0 Å². The Hall–Kier alpha value is -0.0800. The minimum atomic E-state index is 0.132. The molecule has 0 aromatic heterocycles. The third-order valence-corrected chi connectivity index (χ3v) is 4.00. The van der Waals surface area contributed by atoms with E-state index in [0.717, 1.165) is 12.0 Å². The highest BCUT2D eigenvalue weighted by molar-refractivity contribution is 4.85. The number of rotatable bonds is 6. The fraction of sp³-hybridized carbons (Fsp3) is 1.00. The van der Waals surface area contributed by atoms with Gasteiger partial charge in [0, 0.05) is 6.04 Å². The Balaban J connectivity index is 1.69. The van der Waals surface area contributed by atoms with Gasteiger partial charge >= 0.3 is 0 Å². The van der Waals surface area contributed by atoms with Gasteiger partial charge in [-0.25, -0.2) is 0 Å². The fourth-order valence-corrected chi connectivity index (χ4v) is 2.63. The van der Waals surface area contributed by atoms with E-state index >= 15 is 0 Å². The highest BCUT2D eigenvalue weighted by Gasteiger charge is 2.32. The Bertz CT molecular complexity index is 223. The average molecular weight is 225 g/mol. The Morgan fingerprint density at radius 2 is 2.06 bits per heavy atom. The zero-order valence-electron chi connectivity index (χ0n) is 11.1. The monoisotopic (exact) mass is 225 g/mol. The van der Waals surface area contributed by atoms with Crippen molar-refractivity contribution < 1.29 is 4.74 Å². The summed E-state index contributed by atoms with van der Waals surface area (Å²) in [6.07, 6.45) is 8.31. The Morgan fingerprint density at radius 3 is 2.56 bits per heavy atom. The lowest BCUT2D eigenvalue weighted by atomic mass is 9.96.